The van der Waals surface area contributed by atoms with Gasteiger partial charge in [-0.25, -0.2) is 20.2 Å². The third-order valence-electron chi connectivity index (χ3n) is 4.56. The average Bonchev–Trinajstić information content (AvgIpc) is 2.82. The van der Waals surface area contributed by atoms with E-state index in [2.05, 4.69) is 20.5 Å². The fraction of sp³-hybridized carbons (Fsp3) is 0.240. The van der Waals surface area contributed by atoms with Crippen molar-refractivity contribution in [2.24, 2.45) is 5.10 Å². The van der Waals surface area contributed by atoms with Gasteiger partial charge in [-0.3, -0.25) is 4.79 Å². The van der Waals surface area contributed by atoms with Gasteiger partial charge >= 0.3 is 5.97 Å². The van der Waals surface area contributed by atoms with Crippen LogP contribution in [0, 0.1) is 13.8 Å². The normalized spacial score (nSPS) is 10.8. The molecule has 0 aliphatic carbocycles. The van der Waals surface area contributed by atoms with Gasteiger partial charge in [-0.05, 0) is 68.3 Å². The van der Waals surface area contributed by atoms with E-state index in [1.807, 2.05) is 26.8 Å². The Morgan fingerprint density at radius 3 is 2.40 bits per heavy atom. The molecule has 0 atom stereocenters. The van der Waals surface area contributed by atoms with Crippen molar-refractivity contribution in [1.29, 1.82) is 0 Å². The summed E-state index contributed by atoms with van der Waals surface area (Å²) in [4.78, 5) is 31.7. The lowest BCUT2D eigenvalue weighted by molar-refractivity contribution is -0.118. The lowest BCUT2D eigenvalue weighted by Crippen LogP contribution is -2.19. The zero-order chi connectivity index (χ0) is 25.2. The summed E-state index contributed by atoms with van der Waals surface area (Å²) < 4.78 is 11.5. The van der Waals surface area contributed by atoms with Crippen molar-refractivity contribution in [3.63, 3.8) is 0 Å². The minimum Gasteiger partial charge on any atom is -0.490 e. The maximum atomic E-state index is 12.1. The molecule has 3 rings (SSSR count). The van der Waals surface area contributed by atoms with Gasteiger partial charge in [0.25, 0.3) is 5.91 Å². The van der Waals surface area contributed by atoms with E-state index < -0.39 is 5.97 Å². The zero-order valence-corrected chi connectivity index (χ0v) is 20.5. The number of hydrogen-bond donors (Lipinski definition) is 2. The smallest absolute Gasteiger partial charge is 0.335 e. The van der Waals surface area contributed by atoms with Crippen LogP contribution in [0.4, 0.5) is 0 Å². The molecule has 35 heavy (non-hydrogen) atoms. The maximum absolute atomic E-state index is 12.1. The van der Waals surface area contributed by atoms with E-state index in [0.717, 1.165) is 22.5 Å². The molecule has 1 heterocycles. The summed E-state index contributed by atoms with van der Waals surface area (Å²) in [5, 5.41) is 13.6. The maximum Gasteiger partial charge on any atom is 0.335 e. The molecular formula is C25H26N4O5S. The molecule has 3 aromatic rings. The van der Waals surface area contributed by atoms with Crippen LogP contribution in [0.3, 0.4) is 0 Å². The molecule has 0 unspecified atom stereocenters. The van der Waals surface area contributed by atoms with Gasteiger partial charge in [0.15, 0.2) is 16.7 Å². The lowest BCUT2D eigenvalue weighted by Gasteiger charge is -2.12. The first-order valence-corrected chi connectivity index (χ1v) is 11.8. The third kappa shape index (κ3) is 8.11. The molecule has 2 aromatic carbocycles. The first kappa shape index (κ1) is 25.7. The Morgan fingerprint density at radius 1 is 1.03 bits per heavy atom. The second-order valence-electron chi connectivity index (χ2n) is 7.45. The SMILES string of the molecule is CCOc1cc(/C=N/NC(=O)CSc2nc(C)cc(C)n2)ccc1OCc1ccc(C(=O)O)cc1. The summed E-state index contributed by atoms with van der Waals surface area (Å²) in [5.41, 5.74) is 5.97. The first-order chi connectivity index (χ1) is 16.8. The summed E-state index contributed by atoms with van der Waals surface area (Å²) in [7, 11) is 0. The van der Waals surface area contributed by atoms with Crippen molar-refractivity contribution in [2.75, 3.05) is 12.4 Å². The van der Waals surface area contributed by atoms with Gasteiger partial charge in [0.2, 0.25) is 0 Å². The van der Waals surface area contributed by atoms with E-state index in [9.17, 15) is 9.59 Å². The number of aromatic carboxylic acids is 1. The molecule has 182 valence electrons. The Bertz CT molecular complexity index is 1190. The van der Waals surface area contributed by atoms with E-state index in [1.165, 1.54) is 30.1 Å². The second kappa shape index (κ2) is 12.5. The minimum absolute atomic E-state index is 0.144. The fourth-order valence-electron chi connectivity index (χ4n) is 3.00. The quantitative estimate of drug-likeness (QED) is 0.177. The number of amides is 1. The molecule has 0 aliphatic rings. The second-order valence-corrected chi connectivity index (χ2v) is 8.39. The van der Waals surface area contributed by atoms with Gasteiger partial charge < -0.3 is 14.6 Å². The van der Waals surface area contributed by atoms with E-state index in [4.69, 9.17) is 14.6 Å². The minimum atomic E-state index is -0.973. The highest BCUT2D eigenvalue weighted by Crippen LogP contribution is 2.29. The number of benzene rings is 2. The van der Waals surface area contributed by atoms with Crippen molar-refractivity contribution < 1.29 is 24.2 Å². The summed E-state index contributed by atoms with van der Waals surface area (Å²) in [6.07, 6.45) is 1.52. The molecule has 1 amide bonds. The number of hydrazone groups is 1. The van der Waals surface area contributed by atoms with Crippen molar-refractivity contribution in [3.05, 3.63) is 76.6 Å². The Labute approximate surface area is 207 Å². The van der Waals surface area contributed by atoms with Gasteiger partial charge in [0.1, 0.15) is 6.61 Å². The number of carbonyl (C=O) groups is 2. The van der Waals surface area contributed by atoms with Crippen LogP contribution in [0.15, 0.2) is 58.8 Å². The Morgan fingerprint density at radius 2 is 1.74 bits per heavy atom. The highest BCUT2D eigenvalue weighted by Gasteiger charge is 2.09. The molecule has 0 saturated carbocycles. The van der Waals surface area contributed by atoms with Gasteiger partial charge in [-0.2, -0.15) is 5.10 Å². The summed E-state index contributed by atoms with van der Waals surface area (Å²) in [6, 6.07) is 13.7. The zero-order valence-electron chi connectivity index (χ0n) is 19.6. The molecule has 1 aromatic heterocycles. The predicted molar refractivity (Wildman–Crippen MR) is 133 cm³/mol. The predicted octanol–water partition coefficient (Wildman–Crippen LogP) is 4.01. The molecule has 0 spiro atoms. The van der Waals surface area contributed by atoms with Crippen molar-refractivity contribution in [2.45, 2.75) is 32.5 Å². The molecular weight excluding hydrogens is 468 g/mol. The number of ether oxygens (including phenoxy) is 2. The van der Waals surface area contributed by atoms with E-state index in [-0.39, 0.29) is 23.8 Å². The standard InChI is InChI=1S/C25H26N4O5S/c1-4-33-22-12-19(7-10-21(22)34-14-18-5-8-20(9-6-18)24(31)32)13-26-29-23(30)15-35-25-27-16(2)11-17(3)28-25/h5-13H,4,14-15H2,1-3H3,(H,29,30)(H,31,32)/b26-13+. The van der Waals surface area contributed by atoms with Gasteiger partial charge in [0, 0.05) is 11.4 Å². The van der Waals surface area contributed by atoms with Crippen LogP contribution in [0.1, 0.15) is 39.8 Å². The Balaban J connectivity index is 1.55. The summed E-state index contributed by atoms with van der Waals surface area (Å²) >= 11 is 1.25. The Kier molecular flexibility index (Phi) is 9.19. The van der Waals surface area contributed by atoms with Crippen LogP contribution in [0.2, 0.25) is 0 Å². The lowest BCUT2D eigenvalue weighted by atomic mass is 10.1. The molecule has 0 radical (unpaired) electrons. The number of nitrogens with zero attached hydrogens (tertiary/aromatic N) is 3. The third-order valence-corrected chi connectivity index (χ3v) is 5.41. The van der Waals surface area contributed by atoms with Crippen LogP contribution < -0.4 is 14.9 Å². The number of aromatic nitrogens is 2. The van der Waals surface area contributed by atoms with E-state index in [0.29, 0.717) is 23.3 Å². The van der Waals surface area contributed by atoms with Gasteiger partial charge in [-0.1, -0.05) is 23.9 Å². The number of nitrogens with one attached hydrogen (secondary N) is 1. The largest absolute Gasteiger partial charge is 0.490 e. The monoisotopic (exact) mass is 494 g/mol. The number of thioether (sulfide) groups is 1. The van der Waals surface area contributed by atoms with Crippen LogP contribution in [0.5, 0.6) is 11.5 Å². The van der Waals surface area contributed by atoms with Crippen LogP contribution in [0.25, 0.3) is 0 Å². The van der Waals surface area contributed by atoms with Gasteiger partial charge in [0.05, 0.1) is 24.1 Å². The molecule has 9 nitrogen and oxygen atoms in total. The number of carboxylic acid groups (broad SMARTS) is 1. The van der Waals surface area contributed by atoms with E-state index in [1.54, 1.807) is 30.3 Å². The van der Waals surface area contributed by atoms with Crippen LogP contribution in [-0.4, -0.2) is 45.5 Å². The Hall–Kier alpha value is -3.92. The molecule has 10 heteroatoms. The van der Waals surface area contributed by atoms with Crippen LogP contribution >= 0.6 is 11.8 Å². The van der Waals surface area contributed by atoms with E-state index >= 15 is 0 Å². The first-order valence-electron chi connectivity index (χ1n) is 10.8. The summed E-state index contributed by atoms with van der Waals surface area (Å²) in [5.74, 6) is -0.0239. The number of carbonyl (C=O) groups excluding carboxylic acids is 1. The molecule has 0 aliphatic heterocycles. The highest BCUT2D eigenvalue weighted by atomic mass is 32.2. The number of hydrogen-bond acceptors (Lipinski definition) is 8. The summed E-state index contributed by atoms with van der Waals surface area (Å²) in [6.45, 7) is 6.33. The van der Waals surface area contributed by atoms with Crippen molar-refractivity contribution in [3.8, 4) is 11.5 Å². The van der Waals surface area contributed by atoms with Crippen molar-refractivity contribution in [1.82, 2.24) is 15.4 Å². The highest BCUT2D eigenvalue weighted by molar-refractivity contribution is 7.99. The molecule has 0 saturated heterocycles. The fourth-order valence-corrected chi connectivity index (χ4v) is 3.74. The average molecular weight is 495 g/mol. The molecule has 0 bridgehead atoms. The molecule has 2 N–H and O–H groups in total. The number of rotatable bonds is 11. The van der Waals surface area contributed by atoms with Crippen LogP contribution in [-0.2, 0) is 11.4 Å². The number of aryl methyl sites for hydroxylation is 2. The topological polar surface area (TPSA) is 123 Å². The van der Waals surface area contributed by atoms with Crippen molar-refractivity contribution >= 4 is 29.9 Å². The number of carboxylic acids is 1. The van der Waals surface area contributed by atoms with Gasteiger partial charge in [-0.15, -0.1) is 0 Å². The molecule has 0 fully saturated rings.